The molecule has 1 aromatic heterocycles. The number of halogens is 4. The minimum absolute atomic E-state index is 0.268. The summed E-state index contributed by atoms with van der Waals surface area (Å²) >= 11 is 3.21. The van der Waals surface area contributed by atoms with E-state index in [0.29, 0.717) is 22.3 Å². The van der Waals surface area contributed by atoms with Crippen molar-refractivity contribution in [1.29, 1.82) is 0 Å². The topological polar surface area (TPSA) is 35.3 Å². The quantitative estimate of drug-likeness (QED) is 0.797. The van der Waals surface area contributed by atoms with E-state index in [4.69, 9.17) is 4.52 Å². The fourth-order valence-electron chi connectivity index (χ4n) is 1.34. The number of aromatic nitrogens is 1. The summed E-state index contributed by atoms with van der Waals surface area (Å²) in [6, 6.07) is 7.12. The van der Waals surface area contributed by atoms with Gasteiger partial charge in [-0.2, -0.15) is 0 Å². The predicted molar refractivity (Wildman–Crippen MR) is 61.3 cm³/mol. The maximum absolute atomic E-state index is 12.0. The van der Waals surface area contributed by atoms with E-state index in [2.05, 4.69) is 25.8 Å². The highest BCUT2D eigenvalue weighted by Crippen LogP contribution is 2.26. The van der Waals surface area contributed by atoms with E-state index in [1.54, 1.807) is 6.07 Å². The van der Waals surface area contributed by atoms with Gasteiger partial charge >= 0.3 is 6.36 Å². The first-order valence-electron chi connectivity index (χ1n) is 4.86. The Labute approximate surface area is 109 Å². The molecule has 96 valence electrons. The zero-order valence-corrected chi connectivity index (χ0v) is 10.5. The van der Waals surface area contributed by atoms with Crippen LogP contribution in [-0.2, 0) is 5.33 Å². The van der Waals surface area contributed by atoms with Crippen LogP contribution in [0.15, 0.2) is 34.9 Å². The fraction of sp³-hybridized carbons (Fsp3) is 0.182. The number of nitrogens with zero attached hydrogens (tertiary/aromatic N) is 1. The molecule has 1 aromatic carbocycles. The molecule has 0 aliphatic rings. The molecular weight excluding hydrogens is 315 g/mol. The molecule has 0 spiro atoms. The molecule has 1 heterocycles. The Morgan fingerprint density at radius 1 is 1.22 bits per heavy atom. The lowest BCUT2D eigenvalue weighted by Gasteiger charge is -2.08. The molecule has 0 amide bonds. The number of alkyl halides is 4. The molecule has 0 bridgehead atoms. The van der Waals surface area contributed by atoms with Gasteiger partial charge in [-0.15, -0.1) is 13.2 Å². The maximum atomic E-state index is 12.0. The minimum atomic E-state index is -4.68. The third-order valence-corrected chi connectivity index (χ3v) is 2.63. The molecule has 0 atom stereocenters. The molecular formula is C11H7BrF3NO2. The lowest BCUT2D eigenvalue weighted by molar-refractivity contribution is -0.274. The van der Waals surface area contributed by atoms with Crippen LogP contribution in [0.1, 0.15) is 5.76 Å². The van der Waals surface area contributed by atoms with E-state index < -0.39 is 6.36 Å². The van der Waals surface area contributed by atoms with Crippen LogP contribution in [0, 0.1) is 0 Å². The van der Waals surface area contributed by atoms with E-state index in [0.717, 1.165) is 0 Å². The van der Waals surface area contributed by atoms with Gasteiger partial charge in [0.15, 0.2) is 0 Å². The van der Waals surface area contributed by atoms with Gasteiger partial charge in [0.25, 0.3) is 0 Å². The second-order valence-electron chi connectivity index (χ2n) is 3.38. The van der Waals surface area contributed by atoms with Crippen LogP contribution in [0.25, 0.3) is 11.3 Å². The monoisotopic (exact) mass is 321 g/mol. The van der Waals surface area contributed by atoms with Crippen molar-refractivity contribution in [3.05, 3.63) is 36.1 Å². The van der Waals surface area contributed by atoms with Gasteiger partial charge in [0.2, 0.25) is 0 Å². The van der Waals surface area contributed by atoms with Gasteiger partial charge in [0, 0.05) is 11.6 Å². The third-order valence-electron chi connectivity index (χ3n) is 2.07. The first-order chi connectivity index (χ1) is 8.48. The fourth-order valence-corrected chi connectivity index (χ4v) is 1.60. The largest absolute Gasteiger partial charge is 0.573 e. The summed E-state index contributed by atoms with van der Waals surface area (Å²) < 4.78 is 44.6. The van der Waals surface area contributed by atoms with Gasteiger partial charge in [-0.3, -0.25) is 0 Å². The number of ether oxygens (including phenoxy) is 1. The van der Waals surface area contributed by atoms with Crippen molar-refractivity contribution in [3.8, 4) is 17.0 Å². The Morgan fingerprint density at radius 3 is 2.39 bits per heavy atom. The van der Waals surface area contributed by atoms with Gasteiger partial charge in [0.05, 0.1) is 5.33 Å². The number of rotatable bonds is 3. The Balaban J connectivity index is 2.17. The number of hydrogen-bond acceptors (Lipinski definition) is 3. The van der Waals surface area contributed by atoms with Crippen molar-refractivity contribution in [2.24, 2.45) is 0 Å². The lowest BCUT2D eigenvalue weighted by Crippen LogP contribution is -2.16. The summed E-state index contributed by atoms with van der Waals surface area (Å²) in [5.41, 5.74) is 1.21. The average molecular weight is 322 g/mol. The van der Waals surface area contributed by atoms with Crippen molar-refractivity contribution >= 4 is 15.9 Å². The summed E-state index contributed by atoms with van der Waals surface area (Å²) in [7, 11) is 0. The SMILES string of the molecule is FC(F)(F)Oc1ccc(-c2cc(CBr)on2)cc1. The smallest absolute Gasteiger partial charge is 0.406 e. The Bertz CT molecular complexity index is 522. The summed E-state index contributed by atoms with van der Waals surface area (Å²) in [6.45, 7) is 0. The molecule has 2 rings (SSSR count). The molecule has 0 fully saturated rings. The van der Waals surface area contributed by atoms with Crippen molar-refractivity contribution in [3.63, 3.8) is 0 Å². The number of benzene rings is 1. The Hall–Kier alpha value is -1.50. The maximum Gasteiger partial charge on any atom is 0.573 e. The van der Waals surface area contributed by atoms with Crippen molar-refractivity contribution < 1.29 is 22.4 Å². The molecule has 0 unspecified atom stereocenters. The van der Waals surface area contributed by atoms with Crippen LogP contribution in [0.4, 0.5) is 13.2 Å². The highest BCUT2D eigenvalue weighted by molar-refractivity contribution is 9.08. The Kier molecular flexibility index (Phi) is 3.60. The molecule has 0 radical (unpaired) electrons. The molecule has 0 saturated carbocycles. The van der Waals surface area contributed by atoms with E-state index >= 15 is 0 Å². The number of hydrogen-bond donors (Lipinski definition) is 0. The second kappa shape index (κ2) is 5.01. The molecule has 18 heavy (non-hydrogen) atoms. The van der Waals surface area contributed by atoms with Gasteiger partial charge in [-0.25, -0.2) is 0 Å². The molecule has 2 aromatic rings. The van der Waals surface area contributed by atoms with Crippen molar-refractivity contribution in [1.82, 2.24) is 5.16 Å². The van der Waals surface area contributed by atoms with Gasteiger partial charge in [-0.1, -0.05) is 21.1 Å². The molecule has 0 saturated heterocycles. The second-order valence-corrected chi connectivity index (χ2v) is 3.95. The van der Waals surface area contributed by atoms with Crippen molar-refractivity contribution in [2.75, 3.05) is 0 Å². The van der Waals surface area contributed by atoms with Crippen LogP contribution >= 0.6 is 15.9 Å². The molecule has 7 heteroatoms. The van der Waals surface area contributed by atoms with Gasteiger partial charge in [0.1, 0.15) is 17.2 Å². The highest BCUT2D eigenvalue weighted by Gasteiger charge is 2.30. The van der Waals surface area contributed by atoms with E-state index in [1.165, 1.54) is 24.3 Å². The summed E-state index contributed by atoms with van der Waals surface area (Å²) in [5.74, 6) is 0.371. The first-order valence-corrected chi connectivity index (χ1v) is 5.98. The van der Waals surface area contributed by atoms with E-state index in [1.807, 2.05) is 0 Å². The van der Waals surface area contributed by atoms with Crippen LogP contribution < -0.4 is 4.74 Å². The third kappa shape index (κ3) is 3.25. The van der Waals surface area contributed by atoms with Gasteiger partial charge < -0.3 is 9.26 Å². The zero-order valence-electron chi connectivity index (χ0n) is 8.87. The summed E-state index contributed by atoms with van der Waals surface area (Å²) in [5, 5.41) is 4.32. The van der Waals surface area contributed by atoms with Crippen LogP contribution in [0.2, 0.25) is 0 Å². The zero-order chi connectivity index (χ0) is 13.2. The molecule has 3 nitrogen and oxygen atoms in total. The first kappa shape index (κ1) is 12.9. The molecule has 0 aliphatic carbocycles. The summed E-state index contributed by atoms with van der Waals surface area (Å²) in [4.78, 5) is 0. The van der Waals surface area contributed by atoms with Crippen molar-refractivity contribution in [2.45, 2.75) is 11.7 Å². The van der Waals surface area contributed by atoms with Gasteiger partial charge in [-0.05, 0) is 24.3 Å². The highest BCUT2D eigenvalue weighted by atomic mass is 79.9. The van der Waals surface area contributed by atoms with Crippen LogP contribution in [-0.4, -0.2) is 11.5 Å². The summed E-state index contributed by atoms with van der Waals surface area (Å²) in [6.07, 6.45) is -4.68. The van der Waals surface area contributed by atoms with Crippen LogP contribution in [0.5, 0.6) is 5.75 Å². The Morgan fingerprint density at radius 2 is 1.89 bits per heavy atom. The van der Waals surface area contributed by atoms with Crippen LogP contribution in [0.3, 0.4) is 0 Å². The standard InChI is InChI=1S/C11H7BrF3NO2/c12-6-9-5-10(16-18-9)7-1-3-8(4-2-7)17-11(13,14)15/h1-5H,6H2. The minimum Gasteiger partial charge on any atom is -0.406 e. The lowest BCUT2D eigenvalue weighted by atomic mass is 10.1. The average Bonchev–Trinajstić information content (AvgIpc) is 2.76. The van der Waals surface area contributed by atoms with E-state index in [-0.39, 0.29) is 5.75 Å². The molecule has 0 N–H and O–H groups in total. The normalized spacial score (nSPS) is 11.6. The van der Waals surface area contributed by atoms with E-state index in [9.17, 15) is 13.2 Å². The molecule has 0 aliphatic heterocycles. The predicted octanol–water partition coefficient (Wildman–Crippen LogP) is 4.14.